The van der Waals surface area contributed by atoms with E-state index in [9.17, 15) is 10.1 Å². The second kappa shape index (κ2) is 2.48. The highest BCUT2D eigenvalue weighted by atomic mass is 16.6. The van der Waals surface area contributed by atoms with Gasteiger partial charge in [-0.2, -0.15) is 0 Å². The number of nitrogen functional groups attached to an aromatic ring is 1. The molecule has 0 amide bonds. The fraction of sp³-hybridized carbons (Fsp3) is 0. The summed E-state index contributed by atoms with van der Waals surface area (Å²) in [4.78, 5) is 10.00. The van der Waals surface area contributed by atoms with Crippen LogP contribution in [0, 0.1) is 10.1 Å². The first kappa shape index (κ1) is 7.60. The van der Waals surface area contributed by atoms with E-state index in [-0.39, 0.29) is 5.69 Å². The maximum Gasteiger partial charge on any atom is 0.315 e. The van der Waals surface area contributed by atoms with Crippen LogP contribution >= 0.6 is 0 Å². The molecule has 66 valence electrons. The SMILES string of the molecule is Nc1ccc2occ([N+](=O)[O-])c2c1. The van der Waals surface area contributed by atoms with Gasteiger partial charge in [-0.15, -0.1) is 0 Å². The third-order valence-electron chi connectivity index (χ3n) is 1.77. The first-order chi connectivity index (χ1) is 6.18. The number of nitrogens with zero attached hydrogens (tertiary/aromatic N) is 1. The molecule has 0 aliphatic rings. The number of hydrogen-bond acceptors (Lipinski definition) is 4. The molecule has 0 atom stereocenters. The molecule has 0 spiro atoms. The van der Waals surface area contributed by atoms with Crippen molar-refractivity contribution < 1.29 is 9.34 Å². The van der Waals surface area contributed by atoms with E-state index >= 15 is 0 Å². The normalized spacial score (nSPS) is 10.5. The standard InChI is InChI=1S/C8H6N2O3/c9-5-1-2-8-6(3-5)7(4-13-8)10(11)12/h1-4H,9H2. The molecule has 1 aromatic carbocycles. The van der Waals surface area contributed by atoms with Gasteiger partial charge in [0.15, 0.2) is 6.26 Å². The Kier molecular flexibility index (Phi) is 1.45. The van der Waals surface area contributed by atoms with Gasteiger partial charge in [0, 0.05) is 5.69 Å². The van der Waals surface area contributed by atoms with Crippen molar-refractivity contribution in [2.24, 2.45) is 0 Å². The quantitative estimate of drug-likeness (QED) is 0.410. The molecule has 0 bridgehead atoms. The average molecular weight is 178 g/mol. The van der Waals surface area contributed by atoms with Crippen molar-refractivity contribution >= 4 is 22.3 Å². The van der Waals surface area contributed by atoms with E-state index in [1.54, 1.807) is 12.1 Å². The summed E-state index contributed by atoms with van der Waals surface area (Å²) in [5.74, 6) is 0. The maximum absolute atomic E-state index is 10.5. The van der Waals surface area contributed by atoms with E-state index in [1.165, 1.54) is 6.07 Å². The number of hydrogen-bond donors (Lipinski definition) is 1. The molecule has 0 saturated carbocycles. The number of benzene rings is 1. The minimum atomic E-state index is -0.495. The van der Waals surface area contributed by atoms with E-state index in [0.29, 0.717) is 16.7 Å². The third kappa shape index (κ3) is 1.10. The van der Waals surface area contributed by atoms with Crippen LogP contribution in [-0.2, 0) is 0 Å². The molecule has 1 aromatic heterocycles. The molecule has 5 nitrogen and oxygen atoms in total. The Balaban J connectivity index is 2.79. The largest absolute Gasteiger partial charge is 0.457 e. The summed E-state index contributed by atoms with van der Waals surface area (Å²) in [7, 11) is 0. The van der Waals surface area contributed by atoms with E-state index in [1.807, 2.05) is 0 Å². The topological polar surface area (TPSA) is 82.3 Å². The Morgan fingerprint density at radius 3 is 2.92 bits per heavy atom. The van der Waals surface area contributed by atoms with Gasteiger partial charge < -0.3 is 10.2 Å². The third-order valence-corrected chi connectivity index (χ3v) is 1.77. The Labute approximate surface area is 72.9 Å². The second-order valence-corrected chi connectivity index (χ2v) is 2.63. The summed E-state index contributed by atoms with van der Waals surface area (Å²) >= 11 is 0. The van der Waals surface area contributed by atoms with Gasteiger partial charge in [-0.25, -0.2) is 0 Å². The predicted octanol–water partition coefficient (Wildman–Crippen LogP) is 1.92. The van der Waals surface area contributed by atoms with Gasteiger partial charge in [-0.3, -0.25) is 10.1 Å². The Morgan fingerprint density at radius 1 is 1.46 bits per heavy atom. The molecule has 5 heteroatoms. The van der Waals surface area contributed by atoms with Crippen LogP contribution in [0.5, 0.6) is 0 Å². The van der Waals surface area contributed by atoms with E-state index < -0.39 is 4.92 Å². The van der Waals surface area contributed by atoms with Crippen molar-refractivity contribution in [3.05, 3.63) is 34.6 Å². The number of nitro groups is 1. The van der Waals surface area contributed by atoms with Crippen molar-refractivity contribution in [3.63, 3.8) is 0 Å². The monoisotopic (exact) mass is 178 g/mol. The van der Waals surface area contributed by atoms with Crippen molar-refractivity contribution in [1.82, 2.24) is 0 Å². The van der Waals surface area contributed by atoms with Crippen molar-refractivity contribution in [1.29, 1.82) is 0 Å². The van der Waals surface area contributed by atoms with Crippen molar-refractivity contribution in [3.8, 4) is 0 Å². The zero-order valence-electron chi connectivity index (χ0n) is 6.56. The van der Waals surface area contributed by atoms with Crippen LogP contribution in [0.25, 0.3) is 11.0 Å². The molecule has 2 aromatic rings. The molecule has 0 aliphatic carbocycles. The molecule has 1 heterocycles. The molecule has 13 heavy (non-hydrogen) atoms. The van der Waals surface area contributed by atoms with Crippen molar-refractivity contribution in [2.45, 2.75) is 0 Å². The minimum Gasteiger partial charge on any atom is -0.457 e. The molecule has 0 saturated heterocycles. The fourth-order valence-electron chi connectivity index (χ4n) is 1.17. The highest BCUT2D eigenvalue weighted by Gasteiger charge is 2.15. The lowest BCUT2D eigenvalue weighted by molar-refractivity contribution is -0.383. The van der Waals surface area contributed by atoms with E-state index in [4.69, 9.17) is 10.2 Å². The van der Waals surface area contributed by atoms with E-state index in [0.717, 1.165) is 6.26 Å². The zero-order valence-corrected chi connectivity index (χ0v) is 6.56. The van der Waals surface area contributed by atoms with Crippen LogP contribution in [-0.4, -0.2) is 4.92 Å². The van der Waals surface area contributed by atoms with Gasteiger partial charge in [0.25, 0.3) is 0 Å². The summed E-state index contributed by atoms with van der Waals surface area (Å²) in [6, 6.07) is 4.77. The highest BCUT2D eigenvalue weighted by Crippen LogP contribution is 2.28. The summed E-state index contributed by atoms with van der Waals surface area (Å²) in [5, 5.41) is 10.9. The number of furan rings is 1. The van der Waals surface area contributed by atoms with Crippen LogP contribution in [0.1, 0.15) is 0 Å². The number of rotatable bonds is 1. The van der Waals surface area contributed by atoms with Crippen LogP contribution in [0.2, 0.25) is 0 Å². The lowest BCUT2D eigenvalue weighted by Gasteiger charge is -1.90. The zero-order chi connectivity index (χ0) is 9.42. The first-order valence-corrected chi connectivity index (χ1v) is 3.59. The number of anilines is 1. The average Bonchev–Trinajstić information content (AvgIpc) is 2.46. The highest BCUT2D eigenvalue weighted by molar-refractivity contribution is 5.89. The van der Waals surface area contributed by atoms with Crippen LogP contribution in [0.15, 0.2) is 28.9 Å². The first-order valence-electron chi connectivity index (χ1n) is 3.59. The summed E-state index contributed by atoms with van der Waals surface area (Å²) in [6.45, 7) is 0. The molecule has 0 radical (unpaired) electrons. The van der Waals surface area contributed by atoms with Crippen LogP contribution in [0.4, 0.5) is 11.4 Å². The van der Waals surface area contributed by atoms with Gasteiger partial charge in [-0.1, -0.05) is 0 Å². The number of nitrogens with two attached hydrogens (primary N) is 1. The molecular weight excluding hydrogens is 172 g/mol. The van der Waals surface area contributed by atoms with Crippen LogP contribution in [0.3, 0.4) is 0 Å². The minimum absolute atomic E-state index is 0.0534. The van der Waals surface area contributed by atoms with Gasteiger partial charge in [0.1, 0.15) is 11.0 Å². The maximum atomic E-state index is 10.5. The van der Waals surface area contributed by atoms with E-state index in [2.05, 4.69) is 0 Å². The summed E-state index contributed by atoms with van der Waals surface area (Å²) in [6.07, 6.45) is 1.12. The summed E-state index contributed by atoms with van der Waals surface area (Å²) < 4.78 is 4.97. The molecular formula is C8H6N2O3. The Morgan fingerprint density at radius 2 is 2.23 bits per heavy atom. The van der Waals surface area contributed by atoms with Gasteiger partial charge in [-0.05, 0) is 18.2 Å². The summed E-state index contributed by atoms with van der Waals surface area (Å²) in [5.41, 5.74) is 6.39. The Hall–Kier alpha value is -2.04. The number of fused-ring (bicyclic) bond motifs is 1. The van der Waals surface area contributed by atoms with Gasteiger partial charge >= 0.3 is 5.69 Å². The molecule has 0 unspecified atom stereocenters. The second-order valence-electron chi connectivity index (χ2n) is 2.63. The van der Waals surface area contributed by atoms with Crippen LogP contribution < -0.4 is 5.73 Å². The molecule has 2 N–H and O–H groups in total. The van der Waals surface area contributed by atoms with Gasteiger partial charge in [0.2, 0.25) is 0 Å². The smallest absolute Gasteiger partial charge is 0.315 e. The lowest BCUT2D eigenvalue weighted by Crippen LogP contribution is -1.86. The lowest BCUT2D eigenvalue weighted by atomic mass is 10.2. The Bertz CT molecular complexity index is 475. The fourth-order valence-corrected chi connectivity index (χ4v) is 1.17. The molecule has 0 aliphatic heterocycles. The molecule has 2 rings (SSSR count). The van der Waals surface area contributed by atoms with Gasteiger partial charge in [0.05, 0.1) is 4.92 Å². The molecule has 0 fully saturated rings. The van der Waals surface area contributed by atoms with Crippen molar-refractivity contribution in [2.75, 3.05) is 5.73 Å². The predicted molar refractivity (Wildman–Crippen MR) is 47.3 cm³/mol.